The lowest BCUT2D eigenvalue weighted by molar-refractivity contribution is -0.116. The topological polar surface area (TPSA) is 38.3 Å². The van der Waals surface area contributed by atoms with E-state index in [2.05, 4.69) is 22.8 Å². The van der Waals surface area contributed by atoms with Crippen LogP contribution in [-0.2, 0) is 4.79 Å². The number of rotatable bonds is 3. The van der Waals surface area contributed by atoms with Crippen molar-refractivity contribution in [2.75, 3.05) is 12.4 Å². The second-order valence-electron chi connectivity index (χ2n) is 5.83. The number of amides is 1. The normalized spacial score (nSPS) is 16.4. The van der Waals surface area contributed by atoms with Crippen LogP contribution in [-0.4, -0.2) is 13.0 Å². The van der Waals surface area contributed by atoms with E-state index in [9.17, 15) is 4.79 Å². The molecule has 24 heavy (non-hydrogen) atoms. The van der Waals surface area contributed by atoms with Gasteiger partial charge in [-0.1, -0.05) is 42.5 Å². The minimum absolute atomic E-state index is 0.0736. The molecule has 1 aliphatic heterocycles. The quantitative estimate of drug-likeness (QED) is 0.739. The van der Waals surface area contributed by atoms with Crippen molar-refractivity contribution in [3.8, 4) is 16.9 Å². The van der Waals surface area contributed by atoms with Crippen LogP contribution in [0.2, 0.25) is 0 Å². The molecule has 1 unspecified atom stereocenters. The Kier molecular flexibility index (Phi) is 3.82. The number of methoxy groups -OCH3 is 1. The number of anilines is 1. The maximum absolute atomic E-state index is 12.3. The zero-order chi connectivity index (χ0) is 16.5. The van der Waals surface area contributed by atoms with Gasteiger partial charge in [0.05, 0.1) is 12.8 Å². The number of benzene rings is 2. The highest BCUT2D eigenvalue weighted by atomic mass is 32.1. The summed E-state index contributed by atoms with van der Waals surface area (Å²) in [6.45, 7) is 0. The van der Waals surface area contributed by atoms with Gasteiger partial charge in [0.1, 0.15) is 5.75 Å². The minimum atomic E-state index is 0.0736. The van der Waals surface area contributed by atoms with Gasteiger partial charge in [-0.2, -0.15) is 0 Å². The highest BCUT2D eigenvalue weighted by Gasteiger charge is 2.30. The Bertz CT molecular complexity index is 868. The van der Waals surface area contributed by atoms with Gasteiger partial charge in [0.2, 0.25) is 5.91 Å². The number of fused-ring (bicyclic) bond motifs is 1. The van der Waals surface area contributed by atoms with Crippen molar-refractivity contribution in [1.29, 1.82) is 0 Å². The van der Waals surface area contributed by atoms with E-state index < -0.39 is 0 Å². The maximum atomic E-state index is 12.3. The van der Waals surface area contributed by atoms with Crippen molar-refractivity contribution in [3.05, 3.63) is 70.4 Å². The van der Waals surface area contributed by atoms with Crippen LogP contribution in [0.1, 0.15) is 22.8 Å². The lowest BCUT2D eigenvalue weighted by Crippen LogP contribution is -2.22. The molecule has 120 valence electrons. The van der Waals surface area contributed by atoms with Crippen molar-refractivity contribution < 1.29 is 9.53 Å². The van der Waals surface area contributed by atoms with Gasteiger partial charge in [0, 0.05) is 28.2 Å². The van der Waals surface area contributed by atoms with E-state index >= 15 is 0 Å². The molecule has 1 aliphatic rings. The van der Waals surface area contributed by atoms with Gasteiger partial charge in [0.25, 0.3) is 0 Å². The molecule has 1 amide bonds. The summed E-state index contributed by atoms with van der Waals surface area (Å²) in [4.78, 5) is 13.5. The van der Waals surface area contributed by atoms with Gasteiger partial charge in [-0.15, -0.1) is 11.3 Å². The number of ether oxygens (including phenoxy) is 1. The fourth-order valence-corrected chi connectivity index (χ4v) is 4.33. The average Bonchev–Trinajstić information content (AvgIpc) is 3.05. The second-order valence-corrected chi connectivity index (χ2v) is 6.74. The summed E-state index contributed by atoms with van der Waals surface area (Å²) in [6.07, 6.45) is 0.500. The predicted molar refractivity (Wildman–Crippen MR) is 97.8 cm³/mol. The van der Waals surface area contributed by atoms with E-state index in [0.717, 1.165) is 22.6 Å². The van der Waals surface area contributed by atoms with Crippen LogP contribution in [0, 0.1) is 0 Å². The molecule has 0 fully saturated rings. The van der Waals surface area contributed by atoms with Crippen LogP contribution in [0.5, 0.6) is 5.75 Å². The summed E-state index contributed by atoms with van der Waals surface area (Å²) in [7, 11) is 1.66. The molecule has 3 nitrogen and oxygen atoms in total. The molecule has 3 aromatic rings. The molecular formula is C20H17NO2S. The van der Waals surface area contributed by atoms with Gasteiger partial charge < -0.3 is 10.1 Å². The Labute approximate surface area is 144 Å². The number of carbonyl (C=O) groups excluding carboxylic acids is 1. The number of hydrogen-bond acceptors (Lipinski definition) is 3. The second kappa shape index (κ2) is 6.13. The smallest absolute Gasteiger partial charge is 0.225 e. The Morgan fingerprint density at radius 1 is 1.08 bits per heavy atom. The SMILES string of the molecule is COc1ccc(-c2csc3c2NC(=O)CC3c2ccccc2)cc1. The van der Waals surface area contributed by atoms with Crippen LogP contribution in [0.4, 0.5) is 5.69 Å². The molecule has 1 atom stereocenters. The van der Waals surface area contributed by atoms with Gasteiger partial charge >= 0.3 is 0 Å². The number of nitrogens with one attached hydrogen (secondary N) is 1. The molecule has 0 radical (unpaired) electrons. The fraction of sp³-hybridized carbons (Fsp3) is 0.150. The van der Waals surface area contributed by atoms with Crippen LogP contribution in [0.3, 0.4) is 0 Å². The molecule has 0 saturated carbocycles. The summed E-state index contributed by atoms with van der Waals surface area (Å²) in [6, 6.07) is 18.2. The van der Waals surface area contributed by atoms with E-state index in [4.69, 9.17) is 4.74 Å². The Balaban J connectivity index is 1.78. The van der Waals surface area contributed by atoms with Crippen molar-refractivity contribution in [3.63, 3.8) is 0 Å². The molecule has 4 rings (SSSR count). The molecule has 0 spiro atoms. The van der Waals surface area contributed by atoms with Crippen molar-refractivity contribution >= 4 is 22.9 Å². The van der Waals surface area contributed by atoms with Gasteiger partial charge in [0.15, 0.2) is 0 Å². The van der Waals surface area contributed by atoms with E-state index in [-0.39, 0.29) is 11.8 Å². The Morgan fingerprint density at radius 3 is 2.54 bits per heavy atom. The molecular weight excluding hydrogens is 318 g/mol. The average molecular weight is 335 g/mol. The van der Waals surface area contributed by atoms with E-state index in [1.807, 2.05) is 42.5 Å². The third-order valence-corrected chi connectivity index (χ3v) is 5.49. The highest BCUT2D eigenvalue weighted by Crippen LogP contribution is 2.46. The lowest BCUT2D eigenvalue weighted by Gasteiger charge is -2.24. The molecule has 0 saturated heterocycles. The standard InChI is InChI=1S/C20H17NO2S/c1-23-15-9-7-14(8-10-15)17-12-24-20-16(11-18(22)21-19(17)20)13-5-3-2-4-6-13/h2-10,12,16H,11H2,1H3,(H,21,22). The van der Waals surface area contributed by atoms with Crippen molar-refractivity contribution in [2.24, 2.45) is 0 Å². The minimum Gasteiger partial charge on any atom is -0.497 e. The summed E-state index contributed by atoms with van der Waals surface area (Å²) >= 11 is 1.72. The van der Waals surface area contributed by atoms with Crippen LogP contribution < -0.4 is 10.1 Å². The Morgan fingerprint density at radius 2 is 1.83 bits per heavy atom. The molecule has 1 N–H and O–H groups in total. The fourth-order valence-electron chi connectivity index (χ4n) is 3.16. The van der Waals surface area contributed by atoms with Crippen molar-refractivity contribution in [1.82, 2.24) is 0 Å². The molecule has 2 aromatic carbocycles. The van der Waals surface area contributed by atoms with E-state index in [0.29, 0.717) is 6.42 Å². The summed E-state index contributed by atoms with van der Waals surface area (Å²) in [5, 5.41) is 5.21. The number of carbonyl (C=O) groups is 1. The first-order chi connectivity index (χ1) is 11.8. The zero-order valence-electron chi connectivity index (χ0n) is 13.3. The highest BCUT2D eigenvalue weighted by molar-refractivity contribution is 7.11. The monoisotopic (exact) mass is 335 g/mol. The van der Waals surface area contributed by atoms with Gasteiger partial charge in [-0.3, -0.25) is 4.79 Å². The summed E-state index contributed by atoms with van der Waals surface area (Å²) in [5.74, 6) is 1.03. The third kappa shape index (κ3) is 2.59. The number of thiophene rings is 1. The van der Waals surface area contributed by atoms with E-state index in [1.54, 1.807) is 18.4 Å². The third-order valence-electron chi connectivity index (χ3n) is 4.39. The zero-order valence-corrected chi connectivity index (χ0v) is 14.1. The van der Waals surface area contributed by atoms with Crippen LogP contribution in [0.15, 0.2) is 60.0 Å². The first-order valence-corrected chi connectivity index (χ1v) is 8.75. The largest absolute Gasteiger partial charge is 0.497 e. The van der Waals surface area contributed by atoms with Crippen molar-refractivity contribution in [2.45, 2.75) is 12.3 Å². The predicted octanol–water partition coefficient (Wildman–Crippen LogP) is 4.90. The first-order valence-electron chi connectivity index (χ1n) is 7.87. The number of hydrogen-bond donors (Lipinski definition) is 1. The molecule has 2 heterocycles. The Hall–Kier alpha value is -2.59. The van der Waals surface area contributed by atoms with Crippen LogP contribution >= 0.6 is 11.3 Å². The van der Waals surface area contributed by atoms with Gasteiger partial charge in [-0.25, -0.2) is 0 Å². The maximum Gasteiger partial charge on any atom is 0.225 e. The molecule has 0 bridgehead atoms. The van der Waals surface area contributed by atoms with E-state index in [1.165, 1.54) is 10.4 Å². The molecule has 1 aromatic heterocycles. The van der Waals surface area contributed by atoms with Gasteiger partial charge in [-0.05, 0) is 23.3 Å². The summed E-state index contributed by atoms with van der Waals surface area (Å²) < 4.78 is 5.22. The lowest BCUT2D eigenvalue weighted by atomic mass is 9.89. The first kappa shape index (κ1) is 15.0. The molecule has 0 aliphatic carbocycles. The van der Waals surface area contributed by atoms with Crippen LogP contribution in [0.25, 0.3) is 11.1 Å². The summed E-state index contributed by atoms with van der Waals surface area (Å²) in [5.41, 5.74) is 4.31. The molecule has 4 heteroatoms.